The summed E-state index contributed by atoms with van der Waals surface area (Å²) in [6.45, 7) is 7.96. The molecule has 2 aromatic rings. The lowest BCUT2D eigenvalue weighted by molar-refractivity contribution is 0.00578. The maximum absolute atomic E-state index is 13.3. The van der Waals surface area contributed by atoms with Gasteiger partial charge in [0.25, 0.3) is 0 Å². The van der Waals surface area contributed by atoms with E-state index in [2.05, 4.69) is 5.32 Å². The molecule has 4 nitrogen and oxygen atoms in total. The first-order chi connectivity index (χ1) is 11.6. The van der Waals surface area contributed by atoms with Crippen molar-refractivity contribution >= 4 is 41.2 Å². The molecule has 0 bridgehead atoms. The Bertz CT molecular complexity index is 798. The van der Waals surface area contributed by atoms with Crippen molar-refractivity contribution in [3.05, 3.63) is 47.2 Å². The molecule has 3 rings (SSSR count). The first-order valence-electron chi connectivity index (χ1n) is 8.06. The number of anilines is 3. The zero-order chi connectivity index (χ0) is 18.4. The molecule has 25 heavy (non-hydrogen) atoms. The zero-order valence-corrected chi connectivity index (χ0v) is 15.4. The van der Waals surface area contributed by atoms with Crippen LogP contribution in [-0.4, -0.2) is 18.3 Å². The predicted octanol–water partition coefficient (Wildman–Crippen LogP) is 4.10. The number of nitrogen functional groups attached to an aromatic ring is 1. The van der Waals surface area contributed by atoms with Crippen LogP contribution in [-0.2, 0) is 9.31 Å². The minimum Gasteiger partial charge on any atom is -0.399 e. The summed E-state index contributed by atoms with van der Waals surface area (Å²) >= 11 is 6.12. The number of nitrogens with two attached hydrogens (primary N) is 1. The highest BCUT2D eigenvalue weighted by atomic mass is 35.5. The largest absolute Gasteiger partial charge is 0.497 e. The second-order valence-corrected chi connectivity index (χ2v) is 7.59. The van der Waals surface area contributed by atoms with Crippen LogP contribution in [0.1, 0.15) is 27.7 Å². The van der Waals surface area contributed by atoms with E-state index < -0.39 is 18.3 Å². The number of nitrogens with one attached hydrogen (secondary N) is 1. The monoisotopic (exact) mass is 362 g/mol. The van der Waals surface area contributed by atoms with Crippen molar-refractivity contribution in [1.29, 1.82) is 0 Å². The van der Waals surface area contributed by atoms with E-state index in [4.69, 9.17) is 26.6 Å². The highest BCUT2D eigenvalue weighted by Crippen LogP contribution is 2.37. The summed E-state index contributed by atoms with van der Waals surface area (Å²) in [4.78, 5) is 0. The van der Waals surface area contributed by atoms with Crippen molar-refractivity contribution < 1.29 is 13.7 Å². The number of hydrogen-bond donors (Lipinski definition) is 2. The lowest BCUT2D eigenvalue weighted by atomic mass is 9.77. The maximum atomic E-state index is 13.3. The molecule has 2 aromatic carbocycles. The summed E-state index contributed by atoms with van der Waals surface area (Å²) < 4.78 is 25.5. The Kier molecular flexibility index (Phi) is 4.48. The van der Waals surface area contributed by atoms with Gasteiger partial charge in [0.1, 0.15) is 5.82 Å². The van der Waals surface area contributed by atoms with Gasteiger partial charge in [0, 0.05) is 16.8 Å². The van der Waals surface area contributed by atoms with E-state index in [1.54, 1.807) is 12.1 Å². The predicted molar refractivity (Wildman–Crippen MR) is 101 cm³/mol. The molecule has 0 radical (unpaired) electrons. The molecule has 0 unspecified atom stereocenters. The van der Waals surface area contributed by atoms with Crippen LogP contribution < -0.4 is 16.5 Å². The van der Waals surface area contributed by atoms with E-state index in [-0.39, 0.29) is 10.8 Å². The molecule has 1 fully saturated rings. The van der Waals surface area contributed by atoms with E-state index in [0.717, 1.165) is 11.2 Å². The van der Waals surface area contributed by atoms with Gasteiger partial charge in [-0.2, -0.15) is 0 Å². The third kappa shape index (κ3) is 3.47. The van der Waals surface area contributed by atoms with E-state index >= 15 is 0 Å². The average Bonchev–Trinajstić information content (AvgIpc) is 2.72. The lowest BCUT2D eigenvalue weighted by Gasteiger charge is -2.32. The Morgan fingerprint density at radius 1 is 1.00 bits per heavy atom. The van der Waals surface area contributed by atoms with Crippen LogP contribution in [0.25, 0.3) is 0 Å². The molecular weight excluding hydrogens is 341 g/mol. The molecule has 0 aromatic heterocycles. The second-order valence-electron chi connectivity index (χ2n) is 7.18. The summed E-state index contributed by atoms with van der Waals surface area (Å²) in [7, 11) is -0.574. The van der Waals surface area contributed by atoms with Gasteiger partial charge in [-0.1, -0.05) is 11.6 Å². The lowest BCUT2D eigenvalue weighted by Crippen LogP contribution is -2.41. The average molecular weight is 363 g/mol. The minimum absolute atomic E-state index is 0.289. The van der Waals surface area contributed by atoms with Crippen LogP contribution in [0.5, 0.6) is 0 Å². The highest BCUT2D eigenvalue weighted by molar-refractivity contribution is 6.64. The Balaban J connectivity index is 1.97. The maximum Gasteiger partial charge on any atom is 0.497 e. The summed E-state index contributed by atoms with van der Waals surface area (Å²) in [5.41, 5.74) is 7.71. The van der Waals surface area contributed by atoms with Gasteiger partial charge in [-0.3, -0.25) is 0 Å². The fraction of sp³-hybridized carbons (Fsp3) is 0.333. The van der Waals surface area contributed by atoms with Gasteiger partial charge in [-0.25, -0.2) is 4.39 Å². The van der Waals surface area contributed by atoms with Gasteiger partial charge in [-0.15, -0.1) is 0 Å². The molecule has 1 aliphatic rings. The minimum atomic E-state index is -0.574. The van der Waals surface area contributed by atoms with Crippen molar-refractivity contribution in [1.82, 2.24) is 0 Å². The van der Waals surface area contributed by atoms with Crippen LogP contribution in [0.4, 0.5) is 21.5 Å². The third-order valence-corrected chi connectivity index (χ3v) is 5.10. The Morgan fingerprint density at radius 2 is 1.60 bits per heavy atom. The topological polar surface area (TPSA) is 56.5 Å². The highest BCUT2D eigenvalue weighted by Gasteiger charge is 2.52. The summed E-state index contributed by atoms with van der Waals surface area (Å²) in [5.74, 6) is -0.390. The first-order valence-corrected chi connectivity index (χ1v) is 8.44. The van der Waals surface area contributed by atoms with Crippen molar-refractivity contribution in [2.45, 2.75) is 38.9 Å². The van der Waals surface area contributed by atoms with Crippen molar-refractivity contribution in [2.75, 3.05) is 11.1 Å². The second kappa shape index (κ2) is 6.20. The molecule has 1 heterocycles. The van der Waals surface area contributed by atoms with Crippen LogP contribution in [0.15, 0.2) is 36.4 Å². The molecule has 3 N–H and O–H groups in total. The van der Waals surface area contributed by atoms with Crippen molar-refractivity contribution in [3.63, 3.8) is 0 Å². The third-order valence-electron chi connectivity index (χ3n) is 4.78. The van der Waals surface area contributed by atoms with Gasteiger partial charge in [-0.05, 0) is 64.1 Å². The molecular formula is C18H21BClFN2O2. The molecule has 0 spiro atoms. The molecule has 0 aliphatic carbocycles. The summed E-state index contributed by atoms with van der Waals surface area (Å²) in [5, 5.41) is 3.50. The Labute approximate surface area is 152 Å². The van der Waals surface area contributed by atoms with E-state index in [1.165, 1.54) is 12.1 Å². The number of rotatable bonds is 3. The van der Waals surface area contributed by atoms with Crippen molar-refractivity contribution in [3.8, 4) is 0 Å². The standard InChI is InChI=1S/C18H21BClFN2O2/c1-17(2)18(3,4)25-19(24-17)13-10-12(22)6-8-15(13)23-16-7-5-11(21)9-14(16)20/h5-10,23H,22H2,1-4H3. The van der Waals surface area contributed by atoms with E-state index in [1.807, 2.05) is 39.8 Å². The molecule has 0 atom stereocenters. The molecule has 1 saturated heterocycles. The number of benzene rings is 2. The summed E-state index contributed by atoms with van der Waals surface area (Å²) in [6.07, 6.45) is 0. The fourth-order valence-corrected chi connectivity index (χ4v) is 2.81. The van der Waals surface area contributed by atoms with E-state index in [0.29, 0.717) is 11.4 Å². The van der Waals surface area contributed by atoms with Crippen LogP contribution in [0.2, 0.25) is 5.02 Å². The fourth-order valence-electron chi connectivity index (χ4n) is 2.60. The van der Waals surface area contributed by atoms with Crippen LogP contribution in [0.3, 0.4) is 0 Å². The van der Waals surface area contributed by atoms with Gasteiger partial charge in [0.2, 0.25) is 0 Å². The smallest absolute Gasteiger partial charge is 0.399 e. The molecule has 0 amide bonds. The first kappa shape index (κ1) is 18.0. The molecule has 1 aliphatic heterocycles. The number of halogens is 2. The normalized spacial score (nSPS) is 18.4. The Hall–Kier alpha value is -1.76. The van der Waals surface area contributed by atoms with Crippen molar-refractivity contribution in [2.24, 2.45) is 0 Å². The SMILES string of the molecule is CC1(C)OB(c2cc(N)ccc2Nc2ccc(F)cc2Cl)OC1(C)C. The number of hydrogen-bond acceptors (Lipinski definition) is 4. The van der Waals surface area contributed by atoms with Gasteiger partial charge in [0.05, 0.1) is 21.9 Å². The van der Waals surface area contributed by atoms with Crippen LogP contribution >= 0.6 is 11.6 Å². The molecule has 7 heteroatoms. The Morgan fingerprint density at radius 3 is 2.20 bits per heavy atom. The molecule has 0 saturated carbocycles. The van der Waals surface area contributed by atoms with Crippen LogP contribution in [0, 0.1) is 5.82 Å². The van der Waals surface area contributed by atoms with E-state index in [9.17, 15) is 4.39 Å². The van der Waals surface area contributed by atoms with Gasteiger partial charge in [0.15, 0.2) is 0 Å². The molecule has 132 valence electrons. The van der Waals surface area contributed by atoms with Gasteiger partial charge < -0.3 is 20.4 Å². The zero-order valence-electron chi connectivity index (χ0n) is 14.7. The van der Waals surface area contributed by atoms with Gasteiger partial charge >= 0.3 is 7.12 Å². The summed E-state index contributed by atoms with van der Waals surface area (Å²) in [6, 6.07) is 9.60. The quantitative estimate of drug-likeness (QED) is 0.637.